The Kier molecular flexibility index (Phi) is 5.40. The molecule has 0 atom stereocenters. The van der Waals surface area contributed by atoms with E-state index in [9.17, 15) is 9.90 Å². The molecule has 1 rings (SSSR count). The summed E-state index contributed by atoms with van der Waals surface area (Å²) in [6, 6.07) is 0.455. The third kappa shape index (κ3) is 4.28. The molecule has 3 N–H and O–H groups in total. The first-order chi connectivity index (χ1) is 8.00. The van der Waals surface area contributed by atoms with Crippen molar-refractivity contribution >= 4 is 5.97 Å². The lowest BCUT2D eigenvalue weighted by molar-refractivity contribution is -0.144. The maximum Gasteiger partial charge on any atom is 0.306 e. The van der Waals surface area contributed by atoms with Crippen molar-refractivity contribution in [3.05, 3.63) is 0 Å². The zero-order chi connectivity index (χ0) is 12.9. The number of hydrogen-bond acceptors (Lipinski definition) is 3. The van der Waals surface area contributed by atoms with Crippen LogP contribution in [0.3, 0.4) is 0 Å². The van der Waals surface area contributed by atoms with Gasteiger partial charge in [-0.2, -0.15) is 0 Å². The summed E-state index contributed by atoms with van der Waals surface area (Å²) in [6.07, 6.45) is 4.50. The molecule has 0 spiro atoms. The van der Waals surface area contributed by atoms with E-state index in [0.29, 0.717) is 38.3 Å². The second-order valence-corrected chi connectivity index (χ2v) is 5.23. The van der Waals surface area contributed by atoms with Crippen molar-refractivity contribution in [1.82, 2.24) is 5.32 Å². The molecule has 0 amide bonds. The minimum Gasteiger partial charge on any atom is -0.481 e. The van der Waals surface area contributed by atoms with Gasteiger partial charge in [-0.05, 0) is 38.5 Å². The van der Waals surface area contributed by atoms with Crippen molar-refractivity contribution in [3.63, 3.8) is 0 Å². The molecule has 4 heteroatoms. The van der Waals surface area contributed by atoms with Gasteiger partial charge in [0.05, 0.1) is 11.5 Å². The fourth-order valence-corrected chi connectivity index (χ4v) is 2.49. The van der Waals surface area contributed by atoms with Gasteiger partial charge in [-0.1, -0.05) is 13.8 Å². The third-order valence-corrected chi connectivity index (χ3v) is 3.97. The van der Waals surface area contributed by atoms with Crippen LogP contribution < -0.4 is 5.32 Å². The Balaban J connectivity index is 2.36. The van der Waals surface area contributed by atoms with Crippen LogP contribution in [-0.2, 0) is 4.79 Å². The third-order valence-electron chi connectivity index (χ3n) is 3.97. The Bertz CT molecular complexity index is 243. The van der Waals surface area contributed by atoms with Gasteiger partial charge in [0.25, 0.3) is 0 Å². The minimum atomic E-state index is -0.722. The molecule has 0 bridgehead atoms. The first kappa shape index (κ1) is 14.5. The van der Waals surface area contributed by atoms with Crippen LogP contribution in [0.25, 0.3) is 0 Å². The predicted octanol–water partition coefficient (Wildman–Crippen LogP) is 1.77. The van der Waals surface area contributed by atoms with E-state index >= 15 is 0 Å². The molecule has 0 heterocycles. The van der Waals surface area contributed by atoms with Crippen LogP contribution in [0.5, 0.6) is 0 Å². The highest BCUT2D eigenvalue weighted by Crippen LogP contribution is 2.31. The number of hydrogen-bond donors (Lipinski definition) is 3. The fraction of sp³-hybridized carbons (Fsp3) is 0.923. The fourth-order valence-electron chi connectivity index (χ4n) is 2.49. The number of aliphatic carboxylic acids is 1. The Morgan fingerprint density at radius 1 is 1.35 bits per heavy atom. The molecule has 0 unspecified atom stereocenters. The Morgan fingerprint density at radius 2 is 1.88 bits per heavy atom. The molecule has 0 aliphatic heterocycles. The number of carbonyl (C=O) groups is 1. The highest BCUT2D eigenvalue weighted by Gasteiger charge is 2.35. The predicted molar refractivity (Wildman–Crippen MR) is 66.9 cm³/mol. The molecular formula is C13H25NO3. The Morgan fingerprint density at radius 3 is 2.29 bits per heavy atom. The highest BCUT2D eigenvalue weighted by molar-refractivity contribution is 5.70. The number of aliphatic hydroxyl groups is 1. The first-order valence-electron chi connectivity index (χ1n) is 6.69. The normalized spacial score (nSPS) is 29.5. The summed E-state index contributed by atoms with van der Waals surface area (Å²) in [5.74, 6) is -0.983. The van der Waals surface area contributed by atoms with Crippen LogP contribution in [0.2, 0.25) is 0 Å². The lowest BCUT2D eigenvalue weighted by atomic mass is 9.78. The molecule has 1 aliphatic rings. The smallest absolute Gasteiger partial charge is 0.306 e. The summed E-state index contributed by atoms with van der Waals surface area (Å²) < 4.78 is 0. The number of rotatable bonds is 6. The second kappa shape index (κ2) is 6.36. The van der Waals surface area contributed by atoms with E-state index < -0.39 is 11.6 Å². The average molecular weight is 243 g/mol. The molecule has 100 valence electrons. The molecule has 1 aliphatic carbocycles. The number of carboxylic acids is 1. The van der Waals surface area contributed by atoms with E-state index in [4.69, 9.17) is 5.11 Å². The van der Waals surface area contributed by atoms with Gasteiger partial charge in [-0.3, -0.25) is 4.79 Å². The number of nitrogens with one attached hydrogen (secondary N) is 1. The van der Waals surface area contributed by atoms with Crippen LogP contribution in [0.4, 0.5) is 0 Å². The second-order valence-electron chi connectivity index (χ2n) is 5.23. The molecule has 0 saturated heterocycles. The van der Waals surface area contributed by atoms with E-state index in [1.807, 2.05) is 0 Å². The van der Waals surface area contributed by atoms with Crippen LogP contribution in [-0.4, -0.2) is 34.4 Å². The molecule has 1 saturated carbocycles. The molecule has 0 aromatic carbocycles. The van der Waals surface area contributed by atoms with Crippen LogP contribution in [0, 0.1) is 5.92 Å². The molecule has 4 nitrogen and oxygen atoms in total. The summed E-state index contributed by atoms with van der Waals surface area (Å²) >= 11 is 0. The number of carboxylic acid groups (broad SMARTS) is 1. The van der Waals surface area contributed by atoms with Crippen molar-refractivity contribution in [1.29, 1.82) is 0 Å². The minimum absolute atomic E-state index is 0.261. The Labute approximate surface area is 103 Å². The summed E-state index contributed by atoms with van der Waals surface area (Å²) in [7, 11) is 0. The van der Waals surface area contributed by atoms with E-state index in [-0.39, 0.29) is 5.92 Å². The monoisotopic (exact) mass is 243 g/mol. The van der Waals surface area contributed by atoms with Crippen molar-refractivity contribution in [3.8, 4) is 0 Å². The summed E-state index contributed by atoms with van der Waals surface area (Å²) in [5, 5.41) is 22.6. The zero-order valence-corrected chi connectivity index (χ0v) is 10.9. The molecule has 0 radical (unpaired) electrons. The summed E-state index contributed by atoms with van der Waals surface area (Å²) in [5.41, 5.74) is -0.700. The lowest BCUT2D eigenvalue weighted by Gasteiger charge is -2.36. The van der Waals surface area contributed by atoms with E-state index in [0.717, 1.165) is 12.8 Å². The van der Waals surface area contributed by atoms with E-state index in [1.165, 1.54) is 0 Å². The SMILES string of the molecule is CCC(CC)NCC1(O)CCC(C(=O)O)CC1. The van der Waals surface area contributed by atoms with Gasteiger partial charge in [0, 0.05) is 12.6 Å². The molecule has 0 aromatic rings. The van der Waals surface area contributed by atoms with Gasteiger partial charge in [0.15, 0.2) is 0 Å². The van der Waals surface area contributed by atoms with Crippen LogP contribution in [0.1, 0.15) is 52.4 Å². The largest absolute Gasteiger partial charge is 0.481 e. The van der Waals surface area contributed by atoms with Gasteiger partial charge < -0.3 is 15.5 Å². The maximum absolute atomic E-state index is 10.8. The molecule has 1 fully saturated rings. The Hall–Kier alpha value is -0.610. The molecule has 17 heavy (non-hydrogen) atoms. The van der Waals surface area contributed by atoms with E-state index in [1.54, 1.807) is 0 Å². The molecular weight excluding hydrogens is 218 g/mol. The maximum atomic E-state index is 10.8. The van der Waals surface area contributed by atoms with E-state index in [2.05, 4.69) is 19.2 Å². The van der Waals surface area contributed by atoms with Crippen molar-refractivity contribution < 1.29 is 15.0 Å². The van der Waals surface area contributed by atoms with Gasteiger partial charge in [-0.25, -0.2) is 0 Å². The first-order valence-corrected chi connectivity index (χ1v) is 6.69. The van der Waals surface area contributed by atoms with Gasteiger partial charge in [0.1, 0.15) is 0 Å². The zero-order valence-electron chi connectivity index (χ0n) is 10.9. The van der Waals surface area contributed by atoms with Crippen LogP contribution in [0.15, 0.2) is 0 Å². The van der Waals surface area contributed by atoms with Crippen molar-refractivity contribution in [2.75, 3.05) is 6.54 Å². The van der Waals surface area contributed by atoms with Crippen molar-refractivity contribution in [2.45, 2.75) is 64.0 Å². The topological polar surface area (TPSA) is 69.6 Å². The van der Waals surface area contributed by atoms with Crippen LogP contribution >= 0.6 is 0 Å². The lowest BCUT2D eigenvalue weighted by Crippen LogP contribution is -2.47. The standard InChI is InChI=1S/C13H25NO3/c1-3-11(4-2)14-9-13(17)7-5-10(6-8-13)12(15)16/h10-11,14,17H,3-9H2,1-2H3,(H,15,16). The van der Waals surface area contributed by atoms with Gasteiger partial charge >= 0.3 is 5.97 Å². The van der Waals surface area contributed by atoms with Crippen molar-refractivity contribution in [2.24, 2.45) is 5.92 Å². The average Bonchev–Trinajstić information content (AvgIpc) is 2.31. The van der Waals surface area contributed by atoms with Gasteiger partial charge in [-0.15, -0.1) is 0 Å². The summed E-state index contributed by atoms with van der Waals surface area (Å²) in [6.45, 7) is 4.85. The quantitative estimate of drug-likeness (QED) is 0.665. The summed E-state index contributed by atoms with van der Waals surface area (Å²) in [4.78, 5) is 10.8. The van der Waals surface area contributed by atoms with Gasteiger partial charge in [0.2, 0.25) is 0 Å². The molecule has 0 aromatic heterocycles. The highest BCUT2D eigenvalue weighted by atomic mass is 16.4.